The lowest BCUT2D eigenvalue weighted by atomic mass is 10.3. The Hall–Kier alpha value is -0.990. The highest BCUT2D eigenvalue weighted by Crippen LogP contribution is 1.92. The Morgan fingerprint density at radius 1 is 1.64 bits per heavy atom. The molecule has 0 fully saturated rings. The first-order valence-electron chi connectivity index (χ1n) is 3.63. The maximum absolute atomic E-state index is 10.8. The van der Waals surface area contributed by atoms with Gasteiger partial charge in [-0.3, -0.25) is 0 Å². The van der Waals surface area contributed by atoms with E-state index in [4.69, 9.17) is 4.74 Å². The Kier molecular flexibility index (Phi) is 5.25. The molecular weight excluding hydrogens is 142 g/mol. The first-order chi connectivity index (χ1) is 5.18. The number of carbonyl (C=O) groups is 1. The largest absolute Gasteiger partial charge is 0.449 e. The van der Waals surface area contributed by atoms with Crippen LogP contribution in [0, 0.1) is 0 Å². The lowest BCUT2D eigenvalue weighted by Gasteiger charge is -2.09. The van der Waals surface area contributed by atoms with Crippen LogP contribution in [0.1, 0.15) is 12.8 Å². The maximum Gasteiger partial charge on any atom is 0.409 e. The van der Waals surface area contributed by atoms with Crippen molar-refractivity contribution >= 4 is 6.09 Å². The molecule has 11 heavy (non-hydrogen) atoms. The fourth-order valence-electron chi connectivity index (χ4n) is 0.516. The van der Waals surface area contributed by atoms with Gasteiger partial charge < -0.3 is 9.64 Å². The summed E-state index contributed by atoms with van der Waals surface area (Å²) in [7, 11) is 3.33. The maximum atomic E-state index is 10.8. The van der Waals surface area contributed by atoms with Crippen molar-refractivity contribution in [3.8, 4) is 0 Å². The van der Waals surface area contributed by atoms with Crippen LogP contribution < -0.4 is 0 Å². The second-order valence-corrected chi connectivity index (χ2v) is 2.44. The third-order valence-corrected chi connectivity index (χ3v) is 1.14. The first kappa shape index (κ1) is 10.0. The Balaban J connectivity index is 3.24. The predicted molar refractivity (Wildman–Crippen MR) is 44.5 cm³/mol. The van der Waals surface area contributed by atoms with Gasteiger partial charge in [0.1, 0.15) is 0 Å². The van der Waals surface area contributed by atoms with Crippen LogP contribution in [0.15, 0.2) is 12.7 Å². The van der Waals surface area contributed by atoms with Gasteiger partial charge in [0.15, 0.2) is 0 Å². The molecule has 0 spiro atoms. The number of allylic oxidation sites excluding steroid dienone is 1. The molecule has 0 unspecified atom stereocenters. The number of hydrogen-bond acceptors (Lipinski definition) is 2. The SMILES string of the molecule is C=CCCCOC(=O)N(C)C. The Morgan fingerprint density at radius 2 is 2.27 bits per heavy atom. The molecule has 0 aliphatic heterocycles. The Bertz CT molecular complexity index is 132. The van der Waals surface area contributed by atoms with E-state index in [0.717, 1.165) is 12.8 Å². The molecule has 3 nitrogen and oxygen atoms in total. The van der Waals surface area contributed by atoms with Crippen molar-refractivity contribution in [3.05, 3.63) is 12.7 Å². The zero-order chi connectivity index (χ0) is 8.69. The summed E-state index contributed by atoms with van der Waals surface area (Å²) in [6.07, 6.45) is 3.27. The average molecular weight is 157 g/mol. The van der Waals surface area contributed by atoms with E-state index in [1.807, 2.05) is 6.08 Å². The molecule has 0 saturated carbocycles. The molecule has 0 saturated heterocycles. The van der Waals surface area contributed by atoms with Crippen LogP contribution in [0.25, 0.3) is 0 Å². The number of hydrogen-bond donors (Lipinski definition) is 0. The second kappa shape index (κ2) is 5.77. The smallest absolute Gasteiger partial charge is 0.409 e. The van der Waals surface area contributed by atoms with Crippen molar-refractivity contribution in [1.29, 1.82) is 0 Å². The van der Waals surface area contributed by atoms with Crippen LogP contribution in [0.5, 0.6) is 0 Å². The van der Waals surface area contributed by atoms with Gasteiger partial charge in [-0.2, -0.15) is 0 Å². The van der Waals surface area contributed by atoms with Gasteiger partial charge in [0.25, 0.3) is 0 Å². The van der Waals surface area contributed by atoms with Gasteiger partial charge in [0.2, 0.25) is 0 Å². The molecular formula is C8H15NO2. The number of amides is 1. The highest BCUT2D eigenvalue weighted by molar-refractivity contribution is 5.66. The zero-order valence-electron chi connectivity index (χ0n) is 7.17. The van der Waals surface area contributed by atoms with Crippen molar-refractivity contribution in [1.82, 2.24) is 4.90 Å². The highest BCUT2D eigenvalue weighted by atomic mass is 16.6. The van der Waals surface area contributed by atoms with E-state index in [9.17, 15) is 4.79 Å². The minimum atomic E-state index is -0.283. The third kappa shape index (κ3) is 5.45. The van der Waals surface area contributed by atoms with Crippen LogP contribution in [0.4, 0.5) is 4.79 Å². The minimum absolute atomic E-state index is 0.283. The van der Waals surface area contributed by atoms with Gasteiger partial charge in [-0.1, -0.05) is 6.08 Å². The van der Waals surface area contributed by atoms with Crippen LogP contribution >= 0.6 is 0 Å². The lowest BCUT2D eigenvalue weighted by molar-refractivity contribution is 0.117. The van der Waals surface area contributed by atoms with Gasteiger partial charge >= 0.3 is 6.09 Å². The fourth-order valence-corrected chi connectivity index (χ4v) is 0.516. The second-order valence-electron chi connectivity index (χ2n) is 2.44. The molecule has 0 aliphatic rings. The molecule has 0 N–H and O–H groups in total. The minimum Gasteiger partial charge on any atom is -0.449 e. The summed E-state index contributed by atoms with van der Waals surface area (Å²) in [6, 6.07) is 0. The Labute approximate surface area is 67.6 Å². The Morgan fingerprint density at radius 3 is 2.73 bits per heavy atom. The van der Waals surface area contributed by atoms with E-state index in [1.54, 1.807) is 14.1 Å². The van der Waals surface area contributed by atoms with E-state index in [2.05, 4.69) is 6.58 Å². The number of carbonyl (C=O) groups excluding carboxylic acids is 1. The zero-order valence-corrected chi connectivity index (χ0v) is 7.17. The van der Waals surface area contributed by atoms with Gasteiger partial charge in [0, 0.05) is 14.1 Å². The van der Waals surface area contributed by atoms with E-state index in [0.29, 0.717) is 6.61 Å². The molecule has 0 rings (SSSR count). The molecule has 0 atom stereocenters. The number of ether oxygens (including phenoxy) is 1. The van der Waals surface area contributed by atoms with Crippen LogP contribution in [-0.2, 0) is 4.74 Å². The summed E-state index contributed by atoms with van der Waals surface area (Å²) in [5.41, 5.74) is 0. The molecule has 0 bridgehead atoms. The van der Waals surface area contributed by atoms with Crippen LogP contribution in [0.2, 0.25) is 0 Å². The number of unbranched alkanes of at least 4 members (excludes halogenated alkanes) is 1. The summed E-state index contributed by atoms with van der Waals surface area (Å²) in [5, 5.41) is 0. The van der Waals surface area contributed by atoms with Crippen molar-refractivity contribution in [2.45, 2.75) is 12.8 Å². The van der Waals surface area contributed by atoms with Crippen molar-refractivity contribution in [3.63, 3.8) is 0 Å². The molecule has 0 aromatic rings. The van der Waals surface area contributed by atoms with E-state index < -0.39 is 0 Å². The van der Waals surface area contributed by atoms with E-state index in [1.165, 1.54) is 4.90 Å². The number of rotatable bonds is 4. The average Bonchev–Trinajstić information content (AvgIpc) is 1.97. The quantitative estimate of drug-likeness (QED) is 0.458. The molecule has 64 valence electrons. The molecule has 0 aromatic heterocycles. The molecule has 1 amide bonds. The van der Waals surface area contributed by atoms with Crippen molar-refractivity contribution < 1.29 is 9.53 Å². The van der Waals surface area contributed by atoms with Gasteiger partial charge in [-0.15, -0.1) is 6.58 Å². The molecule has 0 aliphatic carbocycles. The summed E-state index contributed by atoms with van der Waals surface area (Å²) < 4.78 is 4.84. The molecule has 3 heteroatoms. The lowest BCUT2D eigenvalue weighted by Crippen LogP contribution is -2.22. The van der Waals surface area contributed by atoms with E-state index >= 15 is 0 Å². The fraction of sp³-hybridized carbons (Fsp3) is 0.625. The summed E-state index contributed by atoms with van der Waals surface area (Å²) in [5.74, 6) is 0. The van der Waals surface area contributed by atoms with Crippen LogP contribution in [0.3, 0.4) is 0 Å². The topological polar surface area (TPSA) is 29.5 Å². The summed E-state index contributed by atoms with van der Waals surface area (Å²) in [6.45, 7) is 4.04. The first-order valence-corrected chi connectivity index (χ1v) is 3.63. The number of nitrogens with zero attached hydrogens (tertiary/aromatic N) is 1. The standard InChI is InChI=1S/C8H15NO2/c1-4-5-6-7-11-8(10)9(2)3/h4H,1,5-7H2,2-3H3. The monoisotopic (exact) mass is 157 g/mol. The normalized spacial score (nSPS) is 8.91. The summed E-state index contributed by atoms with van der Waals surface area (Å²) >= 11 is 0. The van der Waals surface area contributed by atoms with Crippen molar-refractivity contribution in [2.75, 3.05) is 20.7 Å². The molecule has 0 radical (unpaired) electrons. The van der Waals surface area contributed by atoms with Gasteiger partial charge in [0.05, 0.1) is 6.61 Å². The predicted octanol–water partition coefficient (Wildman–Crippen LogP) is 1.65. The van der Waals surface area contributed by atoms with E-state index in [-0.39, 0.29) is 6.09 Å². The summed E-state index contributed by atoms with van der Waals surface area (Å²) in [4.78, 5) is 12.2. The highest BCUT2D eigenvalue weighted by Gasteiger charge is 2.01. The van der Waals surface area contributed by atoms with Crippen molar-refractivity contribution in [2.24, 2.45) is 0 Å². The molecule has 0 heterocycles. The third-order valence-electron chi connectivity index (χ3n) is 1.14. The molecule has 0 aromatic carbocycles. The van der Waals surface area contributed by atoms with Gasteiger partial charge in [-0.05, 0) is 12.8 Å². The van der Waals surface area contributed by atoms with Gasteiger partial charge in [-0.25, -0.2) is 4.79 Å². The van der Waals surface area contributed by atoms with Crippen LogP contribution in [-0.4, -0.2) is 31.7 Å².